The molecule has 3 amide bonds. The number of amides is 3. The van der Waals surface area contributed by atoms with Gasteiger partial charge in [0.25, 0.3) is 0 Å². The average Bonchev–Trinajstić information content (AvgIpc) is 2.97. The Morgan fingerprint density at radius 3 is 2.52 bits per heavy atom. The number of fused-ring (bicyclic) bond motifs is 1. The first kappa shape index (κ1) is 29.5. The van der Waals surface area contributed by atoms with E-state index in [0.29, 0.717) is 35.8 Å². The van der Waals surface area contributed by atoms with Crippen LogP contribution in [0.1, 0.15) is 25.0 Å². The van der Waals surface area contributed by atoms with Crippen molar-refractivity contribution >= 4 is 39.2 Å². The highest BCUT2D eigenvalue weighted by atomic mass is 79.9. The van der Waals surface area contributed by atoms with Crippen LogP contribution in [-0.4, -0.2) is 70.7 Å². The predicted molar refractivity (Wildman–Crippen MR) is 159 cm³/mol. The lowest BCUT2D eigenvalue weighted by Crippen LogP contribution is -2.47. The van der Waals surface area contributed by atoms with Crippen molar-refractivity contribution in [3.05, 3.63) is 82.6 Å². The molecule has 1 aromatic heterocycles. The number of benzene rings is 2. The SMILES string of the molecule is C[C@@H]1CN([C@@H](C)CO)C(=O)Cc2cc(NC(=O)Nc3ccc(Br)cc3)ccc2O[C@H]1CN(C)Cc1ccncc1. The molecule has 3 N–H and O–H groups in total. The van der Waals surface area contributed by atoms with Gasteiger partial charge in [0, 0.05) is 59.4 Å². The van der Waals surface area contributed by atoms with Gasteiger partial charge in [-0.05, 0) is 74.1 Å². The number of pyridine rings is 1. The lowest BCUT2D eigenvalue weighted by atomic mass is 10.0. The van der Waals surface area contributed by atoms with Gasteiger partial charge in [-0.15, -0.1) is 0 Å². The van der Waals surface area contributed by atoms with Gasteiger partial charge in [0.2, 0.25) is 5.91 Å². The Balaban J connectivity index is 1.55. The minimum Gasteiger partial charge on any atom is -0.488 e. The Hall–Kier alpha value is -3.47. The summed E-state index contributed by atoms with van der Waals surface area (Å²) in [5, 5.41) is 15.5. The monoisotopic (exact) mass is 609 g/mol. The molecule has 0 saturated heterocycles. The zero-order chi connectivity index (χ0) is 28.6. The third kappa shape index (κ3) is 8.03. The molecule has 0 bridgehead atoms. The summed E-state index contributed by atoms with van der Waals surface area (Å²) < 4.78 is 7.50. The van der Waals surface area contributed by atoms with E-state index in [1.165, 1.54) is 0 Å². The number of anilines is 2. The Morgan fingerprint density at radius 2 is 1.82 bits per heavy atom. The second-order valence-electron chi connectivity index (χ2n) is 10.3. The third-order valence-corrected chi connectivity index (χ3v) is 7.50. The number of halogens is 1. The molecular formula is C30H36BrN5O4. The molecular weight excluding hydrogens is 574 g/mol. The molecule has 9 nitrogen and oxygen atoms in total. The smallest absolute Gasteiger partial charge is 0.323 e. The Morgan fingerprint density at radius 1 is 1.15 bits per heavy atom. The number of hydrogen-bond donors (Lipinski definition) is 3. The molecule has 0 spiro atoms. The predicted octanol–water partition coefficient (Wildman–Crippen LogP) is 4.77. The minimum atomic E-state index is -0.391. The number of rotatable bonds is 8. The summed E-state index contributed by atoms with van der Waals surface area (Å²) in [4.78, 5) is 34.1. The summed E-state index contributed by atoms with van der Waals surface area (Å²) in [7, 11) is 2.04. The Labute approximate surface area is 243 Å². The second kappa shape index (κ2) is 13.7. The first-order chi connectivity index (χ1) is 19.2. The maximum Gasteiger partial charge on any atom is 0.323 e. The fourth-order valence-corrected chi connectivity index (χ4v) is 4.99. The molecule has 0 radical (unpaired) electrons. The molecule has 3 aromatic rings. The number of ether oxygens (including phenoxy) is 1. The number of nitrogens with one attached hydrogen (secondary N) is 2. The van der Waals surface area contributed by atoms with Crippen LogP contribution in [0.15, 0.2) is 71.5 Å². The summed E-state index contributed by atoms with van der Waals surface area (Å²) in [6, 6.07) is 15.9. The van der Waals surface area contributed by atoms with E-state index in [2.05, 4.69) is 43.4 Å². The minimum absolute atomic E-state index is 0.00159. The number of aliphatic hydroxyl groups is 1. The van der Waals surface area contributed by atoms with Crippen LogP contribution in [0, 0.1) is 5.92 Å². The topological polar surface area (TPSA) is 107 Å². The number of carbonyl (C=O) groups is 2. The number of nitrogens with zero attached hydrogens (tertiary/aromatic N) is 3. The molecule has 0 saturated carbocycles. The largest absolute Gasteiger partial charge is 0.488 e. The molecule has 3 atom stereocenters. The summed E-state index contributed by atoms with van der Waals surface area (Å²) >= 11 is 3.39. The van der Waals surface area contributed by atoms with E-state index in [0.717, 1.165) is 16.6 Å². The van der Waals surface area contributed by atoms with Crippen molar-refractivity contribution in [2.45, 2.75) is 39.0 Å². The number of carbonyl (C=O) groups excluding carboxylic acids is 2. The highest BCUT2D eigenvalue weighted by molar-refractivity contribution is 9.10. The van der Waals surface area contributed by atoms with Crippen molar-refractivity contribution in [1.29, 1.82) is 0 Å². The van der Waals surface area contributed by atoms with Crippen LogP contribution < -0.4 is 15.4 Å². The van der Waals surface area contributed by atoms with Gasteiger partial charge in [0.1, 0.15) is 11.9 Å². The number of urea groups is 1. The quantitative estimate of drug-likeness (QED) is 0.340. The van der Waals surface area contributed by atoms with Crippen molar-refractivity contribution in [2.24, 2.45) is 5.92 Å². The summed E-state index contributed by atoms with van der Waals surface area (Å²) in [6.07, 6.45) is 3.44. The van der Waals surface area contributed by atoms with Crippen LogP contribution in [-0.2, 0) is 17.8 Å². The second-order valence-corrected chi connectivity index (χ2v) is 11.3. The molecule has 212 valence electrons. The highest BCUT2D eigenvalue weighted by Crippen LogP contribution is 2.29. The fourth-order valence-electron chi connectivity index (χ4n) is 4.72. The third-order valence-electron chi connectivity index (χ3n) is 6.97. The maximum absolute atomic E-state index is 13.4. The fraction of sp³-hybridized carbons (Fsp3) is 0.367. The summed E-state index contributed by atoms with van der Waals surface area (Å²) in [6.45, 7) is 5.61. The van der Waals surface area contributed by atoms with Gasteiger partial charge in [-0.2, -0.15) is 0 Å². The molecule has 1 aliphatic rings. The van der Waals surface area contributed by atoms with Gasteiger partial charge < -0.3 is 25.4 Å². The first-order valence-electron chi connectivity index (χ1n) is 13.3. The van der Waals surface area contributed by atoms with Crippen molar-refractivity contribution in [3.8, 4) is 5.75 Å². The molecule has 40 heavy (non-hydrogen) atoms. The van der Waals surface area contributed by atoms with Gasteiger partial charge in [0.15, 0.2) is 0 Å². The van der Waals surface area contributed by atoms with Crippen molar-refractivity contribution in [2.75, 3.05) is 37.4 Å². The molecule has 2 aromatic carbocycles. The normalized spacial score (nSPS) is 18.1. The summed E-state index contributed by atoms with van der Waals surface area (Å²) in [5.74, 6) is 0.513. The lowest BCUT2D eigenvalue weighted by molar-refractivity contribution is -0.134. The van der Waals surface area contributed by atoms with Gasteiger partial charge in [-0.3, -0.25) is 14.7 Å². The summed E-state index contributed by atoms with van der Waals surface area (Å²) in [5.41, 5.74) is 3.03. The van der Waals surface area contributed by atoms with E-state index in [1.54, 1.807) is 41.6 Å². The molecule has 0 fully saturated rings. The average molecular weight is 611 g/mol. The molecule has 2 heterocycles. The number of aliphatic hydroxyl groups excluding tert-OH is 1. The van der Waals surface area contributed by atoms with Gasteiger partial charge in [0.05, 0.1) is 19.1 Å². The zero-order valence-electron chi connectivity index (χ0n) is 23.0. The zero-order valence-corrected chi connectivity index (χ0v) is 24.6. The van der Waals surface area contributed by atoms with E-state index in [-0.39, 0.29) is 37.0 Å². The van der Waals surface area contributed by atoms with E-state index >= 15 is 0 Å². The molecule has 0 unspecified atom stereocenters. The van der Waals surface area contributed by atoms with Crippen LogP contribution in [0.4, 0.5) is 16.2 Å². The molecule has 0 aliphatic carbocycles. The van der Waals surface area contributed by atoms with E-state index in [1.807, 2.05) is 44.3 Å². The molecule has 1 aliphatic heterocycles. The van der Waals surface area contributed by atoms with Crippen LogP contribution in [0.25, 0.3) is 0 Å². The van der Waals surface area contributed by atoms with Gasteiger partial charge in [-0.1, -0.05) is 22.9 Å². The van der Waals surface area contributed by atoms with Crippen molar-refractivity contribution in [3.63, 3.8) is 0 Å². The van der Waals surface area contributed by atoms with Crippen molar-refractivity contribution in [1.82, 2.24) is 14.8 Å². The van der Waals surface area contributed by atoms with Crippen LogP contribution in [0.5, 0.6) is 5.75 Å². The van der Waals surface area contributed by atoms with E-state index < -0.39 is 6.03 Å². The lowest BCUT2D eigenvalue weighted by Gasteiger charge is -2.34. The van der Waals surface area contributed by atoms with Gasteiger partial charge in [-0.25, -0.2) is 4.79 Å². The maximum atomic E-state index is 13.4. The number of hydrogen-bond acceptors (Lipinski definition) is 6. The van der Waals surface area contributed by atoms with Crippen LogP contribution in [0.2, 0.25) is 0 Å². The Kier molecular flexibility index (Phi) is 10.1. The molecule has 10 heteroatoms. The van der Waals surface area contributed by atoms with E-state index in [9.17, 15) is 14.7 Å². The van der Waals surface area contributed by atoms with Crippen LogP contribution >= 0.6 is 15.9 Å². The van der Waals surface area contributed by atoms with Crippen molar-refractivity contribution < 1.29 is 19.4 Å². The van der Waals surface area contributed by atoms with E-state index in [4.69, 9.17) is 4.74 Å². The van der Waals surface area contributed by atoms with Gasteiger partial charge >= 0.3 is 6.03 Å². The first-order valence-corrected chi connectivity index (χ1v) is 14.1. The number of aromatic nitrogens is 1. The van der Waals surface area contributed by atoms with Crippen LogP contribution in [0.3, 0.4) is 0 Å². The highest BCUT2D eigenvalue weighted by Gasteiger charge is 2.31. The Bertz CT molecular complexity index is 1290. The number of likely N-dealkylation sites (N-methyl/N-ethyl adjacent to an activating group) is 1. The standard InChI is InChI=1S/C30H36BrN5O4/c1-20-16-36(21(2)19-37)29(38)15-23-14-26(34-30(39)33-25-6-4-24(31)5-7-25)8-9-27(23)40-28(20)18-35(3)17-22-10-12-32-13-11-22/h4-14,20-21,28,37H,15-19H2,1-3H3,(H2,33,34,39)/t20-,21+,28+/m1/s1. The molecule has 4 rings (SSSR count).